The predicted octanol–water partition coefficient (Wildman–Crippen LogP) is 1.90. The van der Waals surface area contributed by atoms with E-state index in [9.17, 15) is 4.79 Å². The second kappa shape index (κ2) is 4.03. The number of amides is 1. The summed E-state index contributed by atoms with van der Waals surface area (Å²) >= 11 is 1.57. The van der Waals surface area contributed by atoms with Crippen LogP contribution >= 0.6 is 11.3 Å². The summed E-state index contributed by atoms with van der Waals surface area (Å²) in [6.45, 7) is 1.92. The average molecular weight is 274 g/mol. The van der Waals surface area contributed by atoms with Crippen LogP contribution in [-0.4, -0.2) is 28.8 Å². The third kappa shape index (κ3) is 1.88. The highest BCUT2D eigenvalue weighted by Gasteiger charge is 2.40. The van der Waals surface area contributed by atoms with Crippen molar-refractivity contribution >= 4 is 33.4 Å². The van der Waals surface area contributed by atoms with Gasteiger partial charge in [-0.15, -0.1) is 11.3 Å². The van der Waals surface area contributed by atoms with E-state index in [1.807, 2.05) is 31.2 Å². The number of rotatable bonds is 1. The number of nitrogens with zero attached hydrogens (tertiary/aromatic N) is 2. The Morgan fingerprint density at radius 3 is 2.89 bits per heavy atom. The number of carbonyl (C=O) groups excluding carboxylic acids is 1. The van der Waals surface area contributed by atoms with Gasteiger partial charge in [0.05, 0.1) is 22.2 Å². The lowest BCUT2D eigenvalue weighted by Crippen LogP contribution is -2.58. The monoisotopic (exact) mass is 274 g/mol. The summed E-state index contributed by atoms with van der Waals surface area (Å²) < 4.78 is 1.10. The van der Waals surface area contributed by atoms with E-state index < -0.39 is 5.54 Å². The second-order valence-electron chi connectivity index (χ2n) is 4.92. The fraction of sp³-hybridized carbons (Fsp3) is 0.308. The van der Waals surface area contributed by atoms with Crippen LogP contribution in [-0.2, 0) is 10.3 Å². The molecule has 2 aromatic rings. The summed E-state index contributed by atoms with van der Waals surface area (Å²) in [5, 5.41) is 11.8. The minimum absolute atomic E-state index is 0.0643. The fourth-order valence-corrected chi connectivity index (χ4v) is 3.24. The standard InChI is InChI=1S/C13H14N4OS/c1-13(7-10(18)17(2)12(14)16-13)11-15-8-5-3-4-6-9(8)19-11/h3-6H,7H2,1-2H3,(H2,14,16)/t13-/m0/s1. The molecule has 1 aliphatic rings. The van der Waals surface area contributed by atoms with Gasteiger partial charge in [-0.1, -0.05) is 12.1 Å². The van der Waals surface area contributed by atoms with Gasteiger partial charge in [0, 0.05) is 7.05 Å². The summed E-state index contributed by atoms with van der Waals surface area (Å²) in [6.07, 6.45) is 0.311. The molecule has 2 N–H and O–H groups in total. The van der Waals surface area contributed by atoms with Crippen LogP contribution in [0.4, 0.5) is 0 Å². The van der Waals surface area contributed by atoms with Crippen molar-refractivity contribution in [2.45, 2.75) is 18.9 Å². The number of fused-ring (bicyclic) bond motifs is 1. The number of hydrogen-bond donors (Lipinski definition) is 2. The summed E-state index contributed by atoms with van der Waals surface area (Å²) in [6, 6.07) is 7.90. The molecule has 1 fully saturated rings. The Kier molecular flexibility index (Phi) is 2.56. The van der Waals surface area contributed by atoms with Crippen molar-refractivity contribution in [2.24, 2.45) is 0 Å². The second-order valence-corrected chi connectivity index (χ2v) is 5.95. The van der Waals surface area contributed by atoms with E-state index in [0.717, 1.165) is 15.2 Å². The first-order chi connectivity index (χ1) is 8.99. The van der Waals surface area contributed by atoms with E-state index >= 15 is 0 Å². The zero-order chi connectivity index (χ0) is 13.6. The first kappa shape index (κ1) is 12.1. The van der Waals surface area contributed by atoms with Gasteiger partial charge < -0.3 is 5.32 Å². The van der Waals surface area contributed by atoms with Gasteiger partial charge in [0.15, 0.2) is 5.96 Å². The van der Waals surface area contributed by atoms with Gasteiger partial charge in [0.1, 0.15) is 5.01 Å². The molecule has 0 spiro atoms. The molecule has 5 nitrogen and oxygen atoms in total. The SMILES string of the molecule is CN1C(=N)N[C@](C)(c2nc3ccccc3s2)CC1=O. The number of para-hydroxylation sites is 1. The van der Waals surface area contributed by atoms with Gasteiger partial charge in [0.25, 0.3) is 0 Å². The molecule has 0 radical (unpaired) electrons. The van der Waals surface area contributed by atoms with E-state index in [2.05, 4.69) is 10.3 Å². The fourth-order valence-electron chi connectivity index (χ4n) is 2.17. The zero-order valence-electron chi connectivity index (χ0n) is 10.7. The van der Waals surface area contributed by atoms with E-state index in [4.69, 9.17) is 5.41 Å². The van der Waals surface area contributed by atoms with Crippen molar-refractivity contribution in [1.82, 2.24) is 15.2 Å². The quantitative estimate of drug-likeness (QED) is 0.834. The minimum Gasteiger partial charge on any atom is -0.344 e. The van der Waals surface area contributed by atoms with E-state index in [1.165, 1.54) is 4.90 Å². The van der Waals surface area contributed by atoms with Crippen molar-refractivity contribution in [3.05, 3.63) is 29.3 Å². The Bertz CT molecular complexity index is 627. The predicted molar refractivity (Wildman–Crippen MR) is 75.2 cm³/mol. The molecule has 2 heterocycles. The lowest BCUT2D eigenvalue weighted by atomic mass is 9.96. The maximum absolute atomic E-state index is 11.9. The average Bonchev–Trinajstić information content (AvgIpc) is 2.80. The number of carbonyl (C=O) groups is 1. The third-order valence-electron chi connectivity index (χ3n) is 3.37. The summed E-state index contributed by atoms with van der Waals surface area (Å²) in [5.41, 5.74) is 0.341. The van der Waals surface area contributed by atoms with E-state index in [-0.39, 0.29) is 11.9 Å². The van der Waals surface area contributed by atoms with Gasteiger partial charge in [-0.05, 0) is 19.1 Å². The molecule has 0 saturated carbocycles. The number of aromatic nitrogens is 1. The molecule has 98 valence electrons. The molecule has 0 bridgehead atoms. The molecule has 1 atom stereocenters. The van der Waals surface area contributed by atoms with Crippen molar-refractivity contribution in [3.63, 3.8) is 0 Å². The third-order valence-corrected chi connectivity index (χ3v) is 4.67. The highest BCUT2D eigenvalue weighted by molar-refractivity contribution is 7.18. The summed E-state index contributed by atoms with van der Waals surface area (Å²) in [4.78, 5) is 17.8. The Morgan fingerprint density at radius 1 is 1.47 bits per heavy atom. The molecule has 6 heteroatoms. The molecule has 1 aromatic carbocycles. The van der Waals surface area contributed by atoms with Crippen LogP contribution in [0.5, 0.6) is 0 Å². The summed E-state index contributed by atoms with van der Waals surface area (Å²) in [5.74, 6) is 0.0588. The highest BCUT2D eigenvalue weighted by atomic mass is 32.1. The molecule has 19 heavy (non-hydrogen) atoms. The van der Waals surface area contributed by atoms with E-state index in [0.29, 0.717) is 6.42 Å². The van der Waals surface area contributed by atoms with Gasteiger partial charge in [0.2, 0.25) is 5.91 Å². The summed E-state index contributed by atoms with van der Waals surface area (Å²) in [7, 11) is 1.61. The van der Waals surface area contributed by atoms with Crippen molar-refractivity contribution in [3.8, 4) is 0 Å². The highest BCUT2D eigenvalue weighted by Crippen LogP contribution is 2.34. The number of guanidine groups is 1. The Balaban J connectivity index is 2.04. The van der Waals surface area contributed by atoms with Crippen molar-refractivity contribution < 1.29 is 4.79 Å². The maximum Gasteiger partial charge on any atom is 0.231 e. The first-order valence-electron chi connectivity index (χ1n) is 5.99. The van der Waals surface area contributed by atoms with Gasteiger partial charge in [-0.3, -0.25) is 15.1 Å². The number of benzene rings is 1. The largest absolute Gasteiger partial charge is 0.344 e. The lowest BCUT2D eigenvalue weighted by Gasteiger charge is -2.37. The molecular weight excluding hydrogens is 260 g/mol. The Morgan fingerprint density at radius 2 is 2.21 bits per heavy atom. The van der Waals surface area contributed by atoms with Crippen LogP contribution in [0.1, 0.15) is 18.4 Å². The van der Waals surface area contributed by atoms with Gasteiger partial charge in [-0.25, -0.2) is 4.98 Å². The smallest absolute Gasteiger partial charge is 0.231 e. The molecular formula is C13H14N4OS. The maximum atomic E-state index is 11.9. The van der Waals surface area contributed by atoms with Crippen LogP contribution in [0, 0.1) is 5.41 Å². The molecule has 1 aromatic heterocycles. The normalized spacial score (nSPS) is 23.8. The zero-order valence-corrected chi connectivity index (χ0v) is 11.5. The molecule has 3 rings (SSSR count). The number of thiazole rings is 1. The van der Waals surface area contributed by atoms with E-state index in [1.54, 1.807) is 18.4 Å². The number of hydrogen-bond acceptors (Lipinski definition) is 4. The lowest BCUT2D eigenvalue weighted by molar-refractivity contribution is -0.129. The van der Waals surface area contributed by atoms with Crippen LogP contribution in [0.2, 0.25) is 0 Å². The molecule has 0 aliphatic carbocycles. The van der Waals surface area contributed by atoms with Crippen molar-refractivity contribution in [2.75, 3.05) is 7.05 Å². The molecule has 1 aliphatic heterocycles. The van der Waals surface area contributed by atoms with Crippen LogP contribution in [0.3, 0.4) is 0 Å². The molecule has 0 unspecified atom stereocenters. The minimum atomic E-state index is -0.593. The van der Waals surface area contributed by atoms with Gasteiger partial charge in [-0.2, -0.15) is 0 Å². The van der Waals surface area contributed by atoms with Crippen LogP contribution < -0.4 is 5.32 Å². The topological polar surface area (TPSA) is 69.1 Å². The van der Waals surface area contributed by atoms with Crippen molar-refractivity contribution in [1.29, 1.82) is 5.41 Å². The molecule has 1 amide bonds. The molecule has 1 saturated heterocycles. The van der Waals surface area contributed by atoms with Crippen LogP contribution in [0.25, 0.3) is 10.2 Å². The van der Waals surface area contributed by atoms with Gasteiger partial charge >= 0.3 is 0 Å². The first-order valence-corrected chi connectivity index (χ1v) is 6.80. The Labute approximate surface area is 114 Å². The van der Waals surface area contributed by atoms with Crippen LogP contribution in [0.15, 0.2) is 24.3 Å². The number of nitrogens with one attached hydrogen (secondary N) is 2. The Hall–Kier alpha value is -1.95.